The summed E-state index contributed by atoms with van der Waals surface area (Å²) in [5, 5.41) is 12.2. The first-order valence-corrected chi connectivity index (χ1v) is 6.33. The van der Waals surface area contributed by atoms with Crippen molar-refractivity contribution >= 4 is 11.7 Å². The van der Waals surface area contributed by atoms with Crippen molar-refractivity contribution in [2.45, 2.75) is 33.2 Å². The van der Waals surface area contributed by atoms with Gasteiger partial charge in [0.1, 0.15) is 12.1 Å². The Balaban J connectivity index is 2.99. The second kappa shape index (κ2) is 6.79. The molecule has 1 unspecified atom stereocenters. The number of nitriles is 1. The molecule has 1 aromatic carbocycles. The molecule has 0 aliphatic heterocycles. The zero-order valence-corrected chi connectivity index (χ0v) is 11.9. The maximum absolute atomic E-state index is 11.8. The molecule has 0 heterocycles. The molecule has 0 aliphatic rings. The Labute approximate surface area is 114 Å². The van der Waals surface area contributed by atoms with Crippen molar-refractivity contribution in [1.82, 2.24) is 0 Å². The highest BCUT2D eigenvalue weighted by atomic mass is 16.5. The Morgan fingerprint density at radius 2 is 2.16 bits per heavy atom. The number of rotatable bonds is 5. The third-order valence-corrected chi connectivity index (χ3v) is 2.82. The zero-order valence-electron chi connectivity index (χ0n) is 11.9. The molecular formula is C15H20N2O2. The van der Waals surface area contributed by atoms with Gasteiger partial charge in [-0.05, 0) is 37.0 Å². The van der Waals surface area contributed by atoms with E-state index >= 15 is 0 Å². The van der Waals surface area contributed by atoms with Gasteiger partial charge in [0, 0.05) is 0 Å². The van der Waals surface area contributed by atoms with Gasteiger partial charge in [-0.15, -0.1) is 0 Å². The van der Waals surface area contributed by atoms with Crippen LogP contribution in [0.15, 0.2) is 18.2 Å². The van der Waals surface area contributed by atoms with Crippen LogP contribution in [-0.4, -0.2) is 19.1 Å². The smallest absolute Gasteiger partial charge is 0.328 e. The quantitative estimate of drug-likeness (QED) is 0.827. The highest BCUT2D eigenvalue weighted by molar-refractivity contribution is 5.80. The summed E-state index contributed by atoms with van der Waals surface area (Å²) in [6, 6.07) is 7.19. The number of carbonyl (C=O) groups is 1. The fraction of sp³-hybridized carbons (Fsp3) is 0.467. The lowest BCUT2D eigenvalue weighted by Crippen LogP contribution is -2.32. The summed E-state index contributed by atoms with van der Waals surface area (Å²) in [7, 11) is 1.37. The number of benzene rings is 1. The lowest BCUT2D eigenvalue weighted by molar-refractivity contribution is -0.141. The predicted molar refractivity (Wildman–Crippen MR) is 74.8 cm³/mol. The second-order valence-electron chi connectivity index (χ2n) is 5.01. The van der Waals surface area contributed by atoms with E-state index < -0.39 is 6.04 Å². The van der Waals surface area contributed by atoms with Gasteiger partial charge in [0.15, 0.2) is 0 Å². The number of nitrogens with zero attached hydrogens (tertiary/aromatic N) is 1. The largest absolute Gasteiger partial charge is 0.467 e. The van der Waals surface area contributed by atoms with Crippen molar-refractivity contribution in [2.75, 3.05) is 12.4 Å². The van der Waals surface area contributed by atoms with Gasteiger partial charge in [0.05, 0.1) is 18.4 Å². The van der Waals surface area contributed by atoms with E-state index in [2.05, 4.69) is 11.4 Å². The predicted octanol–water partition coefficient (Wildman–Crippen LogP) is 2.87. The van der Waals surface area contributed by atoms with Crippen LogP contribution in [0.25, 0.3) is 0 Å². The Kier molecular flexibility index (Phi) is 5.37. The molecule has 0 spiro atoms. The lowest BCUT2D eigenvalue weighted by Gasteiger charge is -2.20. The summed E-state index contributed by atoms with van der Waals surface area (Å²) in [5.74, 6) is 0.0473. The summed E-state index contributed by atoms with van der Waals surface area (Å²) >= 11 is 0. The van der Waals surface area contributed by atoms with E-state index in [9.17, 15) is 4.79 Å². The molecule has 0 aromatic heterocycles. The van der Waals surface area contributed by atoms with E-state index in [1.54, 1.807) is 6.07 Å². The van der Waals surface area contributed by atoms with Gasteiger partial charge in [-0.25, -0.2) is 4.79 Å². The number of nitrogens with one attached hydrogen (secondary N) is 1. The monoisotopic (exact) mass is 260 g/mol. The first kappa shape index (κ1) is 15.0. The molecule has 0 saturated heterocycles. The van der Waals surface area contributed by atoms with Gasteiger partial charge >= 0.3 is 5.97 Å². The minimum absolute atomic E-state index is 0.306. The zero-order chi connectivity index (χ0) is 14.4. The third-order valence-electron chi connectivity index (χ3n) is 2.82. The fourth-order valence-corrected chi connectivity index (χ4v) is 1.89. The Morgan fingerprint density at radius 1 is 1.47 bits per heavy atom. The molecule has 19 heavy (non-hydrogen) atoms. The molecule has 4 nitrogen and oxygen atoms in total. The van der Waals surface area contributed by atoms with Crippen LogP contribution < -0.4 is 5.32 Å². The molecular weight excluding hydrogens is 240 g/mol. The van der Waals surface area contributed by atoms with Crippen LogP contribution in [-0.2, 0) is 9.53 Å². The van der Waals surface area contributed by atoms with Gasteiger partial charge in [0.25, 0.3) is 0 Å². The van der Waals surface area contributed by atoms with Crippen LogP contribution in [0.5, 0.6) is 0 Å². The van der Waals surface area contributed by atoms with Crippen LogP contribution in [0.4, 0.5) is 5.69 Å². The number of aryl methyl sites for hydroxylation is 1. The van der Waals surface area contributed by atoms with E-state index in [0.29, 0.717) is 23.6 Å². The van der Waals surface area contributed by atoms with Crippen molar-refractivity contribution in [3.63, 3.8) is 0 Å². The minimum Gasteiger partial charge on any atom is -0.467 e. The van der Waals surface area contributed by atoms with Crippen molar-refractivity contribution in [2.24, 2.45) is 5.92 Å². The highest BCUT2D eigenvalue weighted by Gasteiger charge is 2.21. The van der Waals surface area contributed by atoms with Crippen LogP contribution in [0.2, 0.25) is 0 Å². The van der Waals surface area contributed by atoms with Gasteiger partial charge in [-0.2, -0.15) is 5.26 Å². The molecule has 1 N–H and O–H groups in total. The average Bonchev–Trinajstić information content (AvgIpc) is 2.36. The van der Waals surface area contributed by atoms with E-state index in [-0.39, 0.29) is 5.97 Å². The maximum Gasteiger partial charge on any atom is 0.328 e. The van der Waals surface area contributed by atoms with Gasteiger partial charge in [0.2, 0.25) is 0 Å². The summed E-state index contributed by atoms with van der Waals surface area (Å²) in [4.78, 5) is 11.8. The molecule has 0 radical (unpaired) electrons. The molecule has 1 rings (SSSR count). The first-order chi connectivity index (χ1) is 8.97. The molecule has 0 amide bonds. The highest BCUT2D eigenvalue weighted by Crippen LogP contribution is 2.20. The number of methoxy groups -OCH3 is 1. The number of esters is 1. The molecule has 102 valence electrons. The number of hydrogen-bond acceptors (Lipinski definition) is 4. The molecule has 4 heteroatoms. The number of anilines is 1. The lowest BCUT2D eigenvalue weighted by atomic mass is 10.0. The van der Waals surface area contributed by atoms with Crippen LogP contribution in [0, 0.1) is 24.2 Å². The third kappa shape index (κ3) is 4.29. The maximum atomic E-state index is 11.8. The molecule has 0 saturated carbocycles. The van der Waals surface area contributed by atoms with E-state index in [0.717, 1.165) is 5.56 Å². The Bertz CT molecular complexity index is 489. The molecule has 0 fully saturated rings. The number of hydrogen-bond donors (Lipinski definition) is 1. The second-order valence-corrected chi connectivity index (χ2v) is 5.01. The topological polar surface area (TPSA) is 62.1 Å². The summed E-state index contributed by atoms with van der Waals surface area (Å²) in [6.45, 7) is 6.03. The van der Waals surface area contributed by atoms with Crippen molar-refractivity contribution < 1.29 is 9.53 Å². The van der Waals surface area contributed by atoms with Gasteiger partial charge in [-0.3, -0.25) is 0 Å². The molecule has 1 aromatic rings. The Hall–Kier alpha value is -2.02. The Morgan fingerprint density at radius 3 is 2.68 bits per heavy atom. The van der Waals surface area contributed by atoms with Gasteiger partial charge < -0.3 is 10.1 Å². The standard InChI is InChI=1S/C15H20N2O2/c1-10(2)7-14(15(18)19-4)17-13-8-11(3)5-6-12(13)9-16/h5-6,8,10,14,17H,7H2,1-4H3. The summed E-state index contributed by atoms with van der Waals surface area (Å²) < 4.78 is 4.80. The fourth-order valence-electron chi connectivity index (χ4n) is 1.89. The molecule has 0 aliphatic carbocycles. The van der Waals surface area contributed by atoms with E-state index in [1.807, 2.05) is 32.9 Å². The minimum atomic E-state index is -0.432. The van der Waals surface area contributed by atoms with E-state index in [1.165, 1.54) is 7.11 Å². The molecule has 0 bridgehead atoms. The average molecular weight is 260 g/mol. The normalized spacial score (nSPS) is 11.8. The van der Waals surface area contributed by atoms with Crippen molar-refractivity contribution in [1.29, 1.82) is 5.26 Å². The van der Waals surface area contributed by atoms with Crippen LogP contribution >= 0.6 is 0 Å². The number of carbonyl (C=O) groups excluding carboxylic acids is 1. The van der Waals surface area contributed by atoms with Crippen molar-refractivity contribution in [3.8, 4) is 6.07 Å². The molecule has 1 atom stereocenters. The van der Waals surface area contributed by atoms with Crippen LogP contribution in [0.3, 0.4) is 0 Å². The number of ether oxygens (including phenoxy) is 1. The summed E-state index contributed by atoms with van der Waals surface area (Å²) in [6.07, 6.45) is 0.658. The SMILES string of the molecule is COC(=O)C(CC(C)C)Nc1cc(C)ccc1C#N. The van der Waals surface area contributed by atoms with Crippen LogP contribution in [0.1, 0.15) is 31.4 Å². The van der Waals surface area contributed by atoms with Gasteiger partial charge in [-0.1, -0.05) is 19.9 Å². The van der Waals surface area contributed by atoms with E-state index in [4.69, 9.17) is 10.00 Å². The summed E-state index contributed by atoms with van der Waals surface area (Å²) in [5.41, 5.74) is 2.25. The van der Waals surface area contributed by atoms with Crippen molar-refractivity contribution in [3.05, 3.63) is 29.3 Å². The first-order valence-electron chi connectivity index (χ1n) is 6.33.